The summed E-state index contributed by atoms with van der Waals surface area (Å²) in [7, 11) is 0. The summed E-state index contributed by atoms with van der Waals surface area (Å²) in [6, 6.07) is 0.141. The van der Waals surface area contributed by atoms with Crippen molar-refractivity contribution < 1.29 is 0 Å². The zero-order valence-corrected chi connectivity index (χ0v) is 6.52. The Labute approximate surface area is 61.5 Å². The molecule has 1 rings (SSSR count). The Morgan fingerprint density at radius 3 is 2.70 bits per heavy atom. The van der Waals surface area contributed by atoms with E-state index < -0.39 is 0 Å². The molecule has 10 heavy (non-hydrogen) atoms. The number of rotatable bonds is 0. The summed E-state index contributed by atoms with van der Waals surface area (Å²) < 4.78 is 0. The van der Waals surface area contributed by atoms with E-state index in [9.17, 15) is 0 Å². The topological polar surface area (TPSA) is 61.9 Å². The lowest BCUT2D eigenvalue weighted by atomic mass is 9.90. The van der Waals surface area contributed by atoms with Crippen LogP contribution >= 0.6 is 0 Å². The molecule has 3 atom stereocenters. The molecule has 0 aromatic carbocycles. The van der Waals surface area contributed by atoms with Crippen molar-refractivity contribution >= 4 is 5.71 Å². The quantitative estimate of drug-likeness (QED) is 0.443. The molecule has 1 heterocycles. The second-order valence-corrected chi connectivity index (χ2v) is 3.09. The molecule has 1 saturated heterocycles. The summed E-state index contributed by atoms with van der Waals surface area (Å²) in [5.41, 5.74) is 6.39. The van der Waals surface area contributed by atoms with Gasteiger partial charge in [-0.3, -0.25) is 0 Å². The summed E-state index contributed by atoms with van der Waals surface area (Å²) in [5, 5.41) is 10.8. The minimum atomic E-state index is -0.0313. The van der Waals surface area contributed by atoms with Crippen LogP contribution in [-0.2, 0) is 0 Å². The monoisotopic (exact) mass is 141 g/mol. The smallest absolute Gasteiger partial charge is 0.0477 e. The molecule has 0 aromatic rings. The molecular weight excluding hydrogens is 126 g/mol. The molecule has 3 unspecified atom stereocenters. The molecule has 1 aliphatic rings. The molecule has 3 heteroatoms. The van der Waals surface area contributed by atoms with Crippen LogP contribution in [0, 0.1) is 11.3 Å². The van der Waals surface area contributed by atoms with Crippen LogP contribution < -0.4 is 11.1 Å². The molecule has 0 saturated carbocycles. The van der Waals surface area contributed by atoms with E-state index in [1.807, 2.05) is 6.92 Å². The number of piperidine rings is 1. The second-order valence-electron chi connectivity index (χ2n) is 3.09. The van der Waals surface area contributed by atoms with Crippen molar-refractivity contribution in [1.82, 2.24) is 5.32 Å². The van der Waals surface area contributed by atoms with Gasteiger partial charge in [0.2, 0.25) is 0 Å². The minimum absolute atomic E-state index is 0.0313. The Kier molecular flexibility index (Phi) is 2.06. The van der Waals surface area contributed by atoms with Crippen molar-refractivity contribution in [2.75, 3.05) is 6.54 Å². The highest BCUT2D eigenvalue weighted by Gasteiger charge is 2.26. The first-order valence-corrected chi connectivity index (χ1v) is 3.70. The van der Waals surface area contributed by atoms with Gasteiger partial charge in [0.1, 0.15) is 0 Å². The van der Waals surface area contributed by atoms with Gasteiger partial charge in [-0.05, 0) is 12.8 Å². The van der Waals surface area contributed by atoms with E-state index in [0.29, 0.717) is 11.6 Å². The molecule has 58 valence electrons. The third kappa shape index (κ3) is 1.20. The lowest BCUT2D eigenvalue weighted by molar-refractivity contribution is 0.428. The molecule has 1 fully saturated rings. The Bertz CT molecular complexity index is 144. The summed E-state index contributed by atoms with van der Waals surface area (Å²) in [4.78, 5) is 0. The maximum absolute atomic E-state index is 7.54. The fourth-order valence-electron chi connectivity index (χ4n) is 1.19. The van der Waals surface area contributed by atoms with Gasteiger partial charge >= 0.3 is 0 Å². The molecular formula is C7H15N3. The van der Waals surface area contributed by atoms with Crippen LogP contribution in [0.2, 0.25) is 0 Å². The molecule has 0 bridgehead atoms. The van der Waals surface area contributed by atoms with Gasteiger partial charge in [-0.2, -0.15) is 0 Å². The van der Waals surface area contributed by atoms with Crippen molar-refractivity contribution in [3.05, 3.63) is 0 Å². The van der Waals surface area contributed by atoms with Crippen molar-refractivity contribution in [3.8, 4) is 0 Å². The van der Waals surface area contributed by atoms with E-state index in [0.717, 1.165) is 6.54 Å². The van der Waals surface area contributed by atoms with Crippen LogP contribution in [0.25, 0.3) is 0 Å². The zero-order valence-electron chi connectivity index (χ0n) is 6.52. The maximum atomic E-state index is 7.54. The molecule has 0 amide bonds. The molecule has 0 aliphatic carbocycles. The third-order valence-corrected chi connectivity index (χ3v) is 2.18. The van der Waals surface area contributed by atoms with E-state index in [-0.39, 0.29) is 12.1 Å². The fourth-order valence-corrected chi connectivity index (χ4v) is 1.19. The van der Waals surface area contributed by atoms with Crippen molar-refractivity contribution in [3.63, 3.8) is 0 Å². The average molecular weight is 141 g/mol. The first kappa shape index (κ1) is 7.69. The lowest BCUT2D eigenvalue weighted by Crippen LogP contribution is -2.55. The van der Waals surface area contributed by atoms with E-state index in [1.54, 1.807) is 0 Å². The molecule has 3 nitrogen and oxygen atoms in total. The van der Waals surface area contributed by atoms with Crippen LogP contribution in [0.3, 0.4) is 0 Å². The second kappa shape index (κ2) is 2.68. The van der Waals surface area contributed by atoms with Gasteiger partial charge in [0, 0.05) is 24.3 Å². The fraction of sp³-hybridized carbons (Fsp3) is 0.857. The van der Waals surface area contributed by atoms with Gasteiger partial charge < -0.3 is 16.5 Å². The van der Waals surface area contributed by atoms with E-state index >= 15 is 0 Å². The molecule has 4 N–H and O–H groups in total. The summed E-state index contributed by atoms with van der Waals surface area (Å²) in [6.45, 7) is 4.98. The lowest BCUT2D eigenvalue weighted by Gasteiger charge is -2.31. The predicted octanol–water partition coefficient (Wildman–Crippen LogP) is -0.0387. The maximum Gasteiger partial charge on any atom is 0.0477 e. The number of nitrogens with two attached hydrogens (primary N) is 1. The van der Waals surface area contributed by atoms with Crippen LogP contribution in [0.5, 0.6) is 0 Å². The summed E-state index contributed by atoms with van der Waals surface area (Å²) in [5.74, 6) is 0.406. The van der Waals surface area contributed by atoms with Gasteiger partial charge in [-0.25, -0.2) is 0 Å². The molecule has 0 radical (unpaired) electrons. The Morgan fingerprint density at radius 1 is 1.60 bits per heavy atom. The largest absolute Gasteiger partial charge is 0.323 e. The van der Waals surface area contributed by atoms with E-state index in [4.69, 9.17) is 11.1 Å². The molecule has 1 aliphatic heterocycles. The van der Waals surface area contributed by atoms with Crippen molar-refractivity contribution in [1.29, 1.82) is 5.41 Å². The van der Waals surface area contributed by atoms with E-state index in [2.05, 4.69) is 12.2 Å². The molecule has 0 aromatic heterocycles. The predicted molar refractivity (Wildman–Crippen MR) is 42.3 cm³/mol. The van der Waals surface area contributed by atoms with Crippen LogP contribution in [-0.4, -0.2) is 24.3 Å². The van der Waals surface area contributed by atoms with Crippen LogP contribution in [0.1, 0.15) is 13.8 Å². The van der Waals surface area contributed by atoms with Gasteiger partial charge in [-0.1, -0.05) is 6.92 Å². The Morgan fingerprint density at radius 2 is 2.20 bits per heavy atom. The van der Waals surface area contributed by atoms with Crippen LogP contribution in [0.4, 0.5) is 0 Å². The minimum Gasteiger partial charge on any atom is -0.323 e. The van der Waals surface area contributed by atoms with Gasteiger partial charge in [-0.15, -0.1) is 0 Å². The van der Waals surface area contributed by atoms with Gasteiger partial charge in [0.15, 0.2) is 0 Å². The summed E-state index contributed by atoms with van der Waals surface area (Å²) in [6.07, 6.45) is 0. The highest BCUT2D eigenvalue weighted by molar-refractivity contribution is 5.92. The van der Waals surface area contributed by atoms with Gasteiger partial charge in [0.05, 0.1) is 0 Å². The van der Waals surface area contributed by atoms with Crippen molar-refractivity contribution in [2.45, 2.75) is 25.9 Å². The zero-order chi connectivity index (χ0) is 7.72. The van der Waals surface area contributed by atoms with E-state index in [1.165, 1.54) is 0 Å². The van der Waals surface area contributed by atoms with Crippen LogP contribution in [0.15, 0.2) is 0 Å². The standard InChI is InChI=1S/C7H15N3/c1-4-3-10-5(2)7(9)6(4)8/h4-6,9-10H,3,8H2,1-2H3. The number of hydrogen-bond acceptors (Lipinski definition) is 3. The van der Waals surface area contributed by atoms with Crippen molar-refractivity contribution in [2.24, 2.45) is 11.7 Å². The third-order valence-electron chi connectivity index (χ3n) is 2.18. The molecule has 0 spiro atoms. The average Bonchev–Trinajstić information content (AvgIpc) is 1.93. The normalized spacial score (nSPS) is 41.9. The highest BCUT2D eigenvalue weighted by atomic mass is 15.0. The highest BCUT2D eigenvalue weighted by Crippen LogP contribution is 2.08. The first-order chi connectivity index (χ1) is 4.63. The van der Waals surface area contributed by atoms with Gasteiger partial charge in [0.25, 0.3) is 0 Å². The Balaban J connectivity index is 2.60. The number of hydrogen-bond donors (Lipinski definition) is 3. The SMILES string of the molecule is CC1NCC(C)C(N)C1=N. The first-order valence-electron chi connectivity index (χ1n) is 3.70. The Hall–Kier alpha value is -0.410. The number of nitrogens with one attached hydrogen (secondary N) is 2. The summed E-state index contributed by atoms with van der Waals surface area (Å²) >= 11 is 0.